The number of amides is 3. The predicted molar refractivity (Wildman–Crippen MR) is 50.7 cm³/mol. The minimum absolute atomic E-state index is 0.0175. The molecule has 1 atom stereocenters. The van der Waals surface area contributed by atoms with Gasteiger partial charge in [0.25, 0.3) is 0 Å². The second-order valence-electron chi connectivity index (χ2n) is 4.18. The van der Waals surface area contributed by atoms with Gasteiger partial charge in [-0.05, 0) is 6.42 Å². The van der Waals surface area contributed by atoms with Gasteiger partial charge in [-0.1, -0.05) is 0 Å². The van der Waals surface area contributed by atoms with E-state index in [2.05, 4.69) is 10.6 Å². The van der Waals surface area contributed by atoms with Crippen molar-refractivity contribution in [2.45, 2.75) is 12.8 Å². The van der Waals surface area contributed by atoms with Crippen molar-refractivity contribution in [3.05, 3.63) is 0 Å². The molecule has 2 heterocycles. The smallest absolute Gasteiger partial charge is 0.317 e. The van der Waals surface area contributed by atoms with E-state index in [-0.39, 0.29) is 17.4 Å². The van der Waals surface area contributed by atoms with Gasteiger partial charge in [0.1, 0.15) is 0 Å². The zero-order valence-electron chi connectivity index (χ0n) is 8.30. The summed E-state index contributed by atoms with van der Waals surface area (Å²) in [7, 11) is 1.63. The van der Waals surface area contributed by atoms with Crippen LogP contribution in [0.2, 0.25) is 0 Å². The normalized spacial score (nSPS) is 30.9. The number of urea groups is 1. The molecule has 2 saturated heterocycles. The molecule has 0 saturated carbocycles. The van der Waals surface area contributed by atoms with Crippen LogP contribution in [0.4, 0.5) is 4.79 Å². The van der Waals surface area contributed by atoms with Gasteiger partial charge >= 0.3 is 6.03 Å². The highest BCUT2D eigenvalue weighted by Crippen LogP contribution is 2.36. The van der Waals surface area contributed by atoms with Crippen molar-refractivity contribution < 1.29 is 9.59 Å². The van der Waals surface area contributed by atoms with Crippen molar-refractivity contribution in [2.24, 2.45) is 5.41 Å². The number of hydrogen-bond donors (Lipinski definition) is 2. The number of hydrogen-bond acceptors (Lipinski definition) is 2. The van der Waals surface area contributed by atoms with E-state index in [1.54, 1.807) is 11.9 Å². The van der Waals surface area contributed by atoms with Crippen LogP contribution in [-0.2, 0) is 4.79 Å². The third kappa shape index (κ3) is 1.42. The average Bonchev–Trinajstić information content (AvgIpc) is 2.74. The van der Waals surface area contributed by atoms with E-state index in [0.29, 0.717) is 13.0 Å². The van der Waals surface area contributed by atoms with Gasteiger partial charge in [-0.2, -0.15) is 0 Å². The van der Waals surface area contributed by atoms with Gasteiger partial charge in [0.05, 0.1) is 0 Å². The minimum atomic E-state index is -0.0405. The molecule has 78 valence electrons. The van der Waals surface area contributed by atoms with Gasteiger partial charge in [-0.3, -0.25) is 4.79 Å². The summed E-state index contributed by atoms with van der Waals surface area (Å²) in [5, 5.41) is 5.44. The molecule has 3 amide bonds. The van der Waals surface area contributed by atoms with Crippen molar-refractivity contribution in [2.75, 3.05) is 26.7 Å². The first-order chi connectivity index (χ1) is 6.65. The second-order valence-corrected chi connectivity index (χ2v) is 4.18. The van der Waals surface area contributed by atoms with E-state index in [4.69, 9.17) is 0 Å². The van der Waals surface area contributed by atoms with Crippen molar-refractivity contribution in [1.29, 1.82) is 0 Å². The quantitative estimate of drug-likeness (QED) is 0.552. The van der Waals surface area contributed by atoms with Crippen molar-refractivity contribution in [1.82, 2.24) is 15.5 Å². The summed E-state index contributed by atoms with van der Waals surface area (Å²) >= 11 is 0. The Hall–Kier alpha value is -1.26. The second kappa shape index (κ2) is 3.15. The van der Waals surface area contributed by atoms with Crippen LogP contribution in [-0.4, -0.2) is 43.5 Å². The molecule has 14 heavy (non-hydrogen) atoms. The summed E-state index contributed by atoms with van der Waals surface area (Å²) in [4.78, 5) is 24.2. The lowest BCUT2D eigenvalue weighted by Gasteiger charge is -2.21. The van der Waals surface area contributed by atoms with Crippen molar-refractivity contribution in [3.63, 3.8) is 0 Å². The number of rotatable bonds is 0. The summed E-state index contributed by atoms with van der Waals surface area (Å²) < 4.78 is 0. The molecule has 2 aliphatic rings. The fraction of sp³-hybridized carbons (Fsp3) is 0.778. The van der Waals surface area contributed by atoms with Crippen LogP contribution in [0.1, 0.15) is 12.8 Å². The van der Waals surface area contributed by atoms with E-state index < -0.39 is 0 Å². The number of nitrogens with zero attached hydrogens (tertiary/aromatic N) is 1. The summed E-state index contributed by atoms with van der Waals surface area (Å²) in [6.45, 7) is 2.18. The Morgan fingerprint density at radius 1 is 1.64 bits per heavy atom. The van der Waals surface area contributed by atoms with Crippen LogP contribution < -0.4 is 10.6 Å². The first-order valence-electron chi connectivity index (χ1n) is 4.89. The van der Waals surface area contributed by atoms with Crippen molar-refractivity contribution >= 4 is 11.9 Å². The van der Waals surface area contributed by atoms with Crippen LogP contribution in [0.25, 0.3) is 0 Å². The molecule has 2 fully saturated rings. The van der Waals surface area contributed by atoms with Crippen molar-refractivity contribution in [3.8, 4) is 0 Å². The molecule has 5 nitrogen and oxygen atoms in total. The number of likely N-dealkylation sites (tertiary alicyclic amines) is 1. The van der Waals surface area contributed by atoms with E-state index in [1.165, 1.54) is 0 Å². The highest BCUT2D eigenvalue weighted by molar-refractivity contribution is 5.80. The molecule has 0 bridgehead atoms. The lowest BCUT2D eigenvalue weighted by molar-refractivity contribution is -0.119. The Kier molecular flexibility index (Phi) is 2.09. The summed E-state index contributed by atoms with van der Waals surface area (Å²) in [5.41, 5.74) is 0.0175. The first-order valence-corrected chi connectivity index (χ1v) is 4.89. The Labute approximate surface area is 82.8 Å². The van der Waals surface area contributed by atoms with Gasteiger partial charge in [0.2, 0.25) is 5.91 Å². The fourth-order valence-electron chi connectivity index (χ4n) is 2.31. The SMILES string of the molecule is CNC(=O)N1CCC2(CNC(=O)C2)C1. The molecule has 2 rings (SSSR count). The molecule has 5 heteroatoms. The summed E-state index contributed by atoms with van der Waals surface area (Å²) in [6, 6.07) is -0.0405. The maximum atomic E-state index is 11.3. The Morgan fingerprint density at radius 3 is 3.00 bits per heavy atom. The third-order valence-corrected chi connectivity index (χ3v) is 3.14. The summed E-state index contributed by atoms with van der Waals surface area (Å²) in [6.07, 6.45) is 1.50. The van der Waals surface area contributed by atoms with Gasteiger partial charge in [0, 0.05) is 38.5 Å². The van der Waals surface area contributed by atoms with Crippen LogP contribution >= 0.6 is 0 Å². The summed E-state index contributed by atoms with van der Waals surface area (Å²) in [5.74, 6) is 0.115. The minimum Gasteiger partial charge on any atom is -0.355 e. The zero-order valence-corrected chi connectivity index (χ0v) is 8.30. The maximum absolute atomic E-state index is 11.3. The lowest BCUT2D eigenvalue weighted by Crippen LogP contribution is -2.38. The van der Waals surface area contributed by atoms with E-state index in [0.717, 1.165) is 19.5 Å². The van der Waals surface area contributed by atoms with E-state index in [1.807, 2.05) is 0 Å². The molecule has 0 aromatic rings. The molecule has 0 radical (unpaired) electrons. The average molecular weight is 197 g/mol. The molecular weight excluding hydrogens is 182 g/mol. The molecule has 1 spiro atoms. The number of carbonyl (C=O) groups is 2. The van der Waals surface area contributed by atoms with Gasteiger partial charge in [0.15, 0.2) is 0 Å². The topological polar surface area (TPSA) is 61.4 Å². The molecule has 0 aromatic carbocycles. The monoisotopic (exact) mass is 197 g/mol. The highest BCUT2D eigenvalue weighted by atomic mass is 16.2. The largest absolute Gasteiger partial charge is 0.355 e. The maximum Gasteiger partial charge on any atom is 0.317 e. The van der Waals surface area contributed by atoms with Crippen LogP contribution in [0.3, 0.4) is 0 Å². The first kappa shape index (κ1) is 9.30. The molecule has 0 aliphatic carbocycles. The fourth-order valence-corrected chi connectivity index (χ4v) is 2.31. The predicted octanol–water partition coefficient (Wildman–Crippen LogP) is -0.462. The van der Waals surface area contributed by atoms with Crippen LogP contribution in [0.15, 0.2) is 0 Å². The van der Waals surface area contributed by atoms with Gasteiger partial charge < -0.3 is 15.5 Å². The highest BCUT2D eigenvalue weighted by Gasteiger charge is 2.44. The Balaban J connectivity index is 2.00. The van der Waals surface area contributed by atoms with Gasteiger partial charge in [-0.15, -0.1) is 0 Å². The molecule has 0 aromatic heterocycles. The van der Waals surface area contributed by atoms with Crippen LogP contribution in [0, 0.1) is 5.41 Å². The Morgan fingerprint density at radius 2 is 2.43 bits per heavy atom. The van der Waals surface area contributed by atoms with Crippen LogP contribution in [0.5, 0.6) is 0 Å². The molecular formula is C9H15N3O2. The number of nitrogens with one attached hydrogen (secondary N) is 2. The third-order valence-electron chi connectivity index (χ3n) is 3.14. The van der Waals surface area contributed by atoms with Gasteiger partial charge in [-0.25, -0.2) is 4.79 Å². The standard InChI is InChI=1S/C9H15N3O2/c1-10-8(14)12-3-2-9(6-12)4-7(13)11-5-9/h2-6H2,1H3,(H,10,14)(H,11,13). The van der Waals surface area contributed by atoms with E-state index >= 15 is 0 Å². The number of carbonyl (C=O) groups excluding carboxylic acids is 2. The Bertz CT molecular complexity index is 279. The molecule has 2 aliphatic heterocycles. The molecule has 1 unspecified atom stereocenters. The zero-order chi connectivity index (χ0) is 10.2. The van der Waals surface area contributed by atoms with E-state index in [9.17, 15) is 9.59 Å². The lowest BCUT2D eigenvalue weighted by atomic mass is 9.86. The molecule has 2 N–H and O–H groups in total.